The molecule has 0 aliphatic rings. The molecule has 0 bridgehead atoms. The van der Waals surface area contributed by atoms with Crippen LogP contribution in [0, 0.1) is 0 Å². The van der Waals surface area contributed by atoms with Crippen molar-refractivity contribution >= 4 is 27.0 Å². The van der Waals surface area contributed by atoms with Gasteiger partial charge in [0.2, 0.25) is 10.0 Å². The molecule has 0 radical (unpaired) electrons. The number of aromatic nitrogens is 4. The standard InChI is InChI=1S/C14H11F4N5O4S2/c1-29(24,25)23(7-2-8(4-19-3-7)26-14(17)18)6-10-20-5-9(28-10)12-21-22-13(27-12)11(15)16/h2-5,11,14H,6H2,1H3. The maximum absolute atomic E-state index is 12.6. The first-order chi connectivity index (χ1) is 13.6. The van der Waals surface area contributed by atoms with Gasteiger partial charge < -0.3 is 9.15 Å². The molecule has 0 saturated carbocycles. The van der Waals surface area contributed by atoms with Crippen LogP contribution in [0.4, 0.5) is 23.2 Å². The lowest BCUT2D eigenvalue weighted by Crippen LogP contribution is -2.29. The smallest absolute Gasteiger partial charge is 0.387 e. The van der Waals surface area contributed by atoms with Crippen molar-refractivity contribution in [2.24, 2.45) is 0 Å². The number of ether oxygens (including phenoxy) is 1. The van der Waals surface area contributed by atoms with Gasteiger partial charge in [0.1, 0.15) is 15.6 Å². The Morgan fingerprint density at radius 3 is 2.59 bits per heavy atom. The quantitative estimate of drug-likeness (QED) is 0.479. The maximum atomic E-state index is 12.6. The van der Waals surface area contributed by atoms with E-state index < -0.39 is 29.0 Å². The van der Waals surface area contributed by atoms with Gasteiger partial charge in [0.05, 0.1) is 37.1 Å². The Morgan fingerprint density at radius 1 is 1.21 bits per heavy atom. The highest BCUT2D eigenvalue weighted by molar-refractivity contribution is 7.92. The lowest BCUT2D eigenvalue weighted by Gasteiger charge is -2.21. The normalized spacial score (nSPS) is 12.0. The summed E-state index contributed by atoms with van der Waals surface area (Å²) in [6, 6.07) is 1.08. The van der Waals surface area contributed by atoms with Crippen LogP contribution in [0.1, 0.15) is 17.3 Å². The van der Waals surface area contributed by atoms with Crippen LogP contribution >= 0.6 is 11.3 Å². The minimum Gasteiger partial charge on any atom is -0.433 e. The summed E-state index contributed by atoms with van der Waals surface area (Å²) in [4.78, 5) is 7.97. The highest BCUT2D eigenvalue weighted by Crippen LogP contribution is 2.30. The van der Waals surface area contributed by atoms with E-state index in [1.165, 1.54) is 6.20 Å². The molecule has 3 rings (SSSR count). The summed E-state index contributed by atoms with van der Waals surface area (Å²) in [5.74, 6) is -1.37. The van der Waals surface area contributed by atoms with Crippen LogP contribution in [0.2, 0.25) is 0 Å². The summed E-state index contributed by atoms with van der Waals surface area (Å²) in [7, 11) is -3.86. The molecule has 0 aromatic carbocycles. The van der Waals surface area contributed by atoms with Crippen molar-refractivity contribution in [2.45, 2.75) is 19.6 Å². The molecule has 3 aromatic rings. The molecule has 156 valence electrons. The number of halogens is 4. The average molecular weight is 453 g/mol. The van der Waals surface area contributed by atoms with E-state index in [4.69, 9.17) is 4.42 Å². The number of nitrogens with zero attached hydrogens (tertiary/aromatic N) is 5. The Labute approximate surface area is 165 Å². The summed E-state index contributed by atoms with van der Waals surface area (Å²) in [5, 5.41) is 6.95. The number of hydrogen-bond donors (Lipinski definition) is 0. The van der Waals surface area contributed by atoms with Crippen LogP contribution in [0.3, 0.4) is 0 Å². The summed E-state index contributed by atoms with van der Waals surface area (Å²) in [5.41, 5.74) is -0.0276. The van der Waals surface area contributed by atoms with Crippen molar-refractivity contribution in [1.82, 2.24) is 20.2 Å². The molecule has 0 atom stereocenters. The SMILES string of the molecule is CS(=O)(=O)N(Cc1ncc(-c2nnc(C(F)F)o2)s1)c1cncc(OC(F)F)c1. The van der Waals surface area contributed by atoms with Gasteiger partial charge in [-0.25, -0.2) is 13.4 Å². The monoisotopic (exact) mass is 453 g/mol. The number of anilines is 1. The van der Waals surface area contributed by atoms with Crippen LogP contribution in [0.25, 0.3) is 10.8 Å². The van der Waals surface area contributed by atoms with E-state index in [0.717, 1.165) is 40.4 Å². The van der Waals surface area contributed by atoms with E-state index in [1.807, 2.05) is 0 Å². The number of sulfonamides is 1. The molecule has 0 N–H and O–H groups in total. The van der Waals surface area contributed by atoms with Gasteiger partial charge in [-0.3, -0.25) is 9.29 Å². The van der Waals surface area contributed by atoms with Gasteiger partial charge in [-0.2, -0.15) is 17.6 Å². The molecular formula is C14H11F4N5O4S2. The van der Waals surface area contributed by atoms with E-state index in [-0.39, 0.29) is 33.8 Å². The van der Waals surface area contributed by atoms with Gasteiger partial charge in [-0.15, -0.1) is 21.5 Å². The first-order valence-corrected chi connectivity index (χ1v) is 10.2. The third-order valence-corrected chi connectivity index (χ3v) is 5.39. The van der Waals surface area contributed by atoms with E-state index in [2.05, 4.69) is 24.9 Å². The van der Waals surface area contributed by atoms with Gasteiger partial charge in [-0.1, -0.05) is 0 Å². The lowest BCUT2D eigenvalue weighted by atomic mass is 10.4. The summed E-state index contributed by atoms with van der Waals surface area (Å²) in [6.45, 7) is -3.38. The first kappa shape index (κ1) is 20.9. The molecule has 0 spiro atoms. The molecule has 9 nitrogen and oxygen atoms in total. The van der Waals surface area contributed by atoms with E-state index in [1.54, 1.807) is 0 Å². The molecule has 0 unspecified atom stereocenters. The predicted molar refractivity (Wildman–Crippen MR) is 92.3 cm³/mol. The number of hydrogen-bond acceptors (Lipinski definition) is 9. The Hall–Kier alpha value is -2.81. The largest absolute Gasteiger partial charge is 0.433 e. The zero-order valence-electron chi connectivity index (χ0n) is 14.4. The predicted octanol–water partition coefficient (Wildman–Crippen LogP) is 3.09. The molecule has 29 heavy (non-hydrogen) atoms. The maximum Gasteiger partial charge on any atom is 0.387 e. The fourth-order valence-corrected chi connectivity index (χ4v) is 3.89. The number of pyridine rings is 1. The molecular weight excluding hydrogens is 442 g/mol. The fourth-order valence-electron chi connectivity index (χ4n) is 2.14. The van der Waals surface area contributed by atoms with Crippen molar-refractivity contribution in [3.8, 4) is 16.5 Å². The zero-order valence-corrected chi connectivity index (χ0v) is 16.0. The average Bonchev–Trinajstić information content (AvgIpc) is 3.27. The molecule has 0 saturated heterocycles. The van der Waals surface area contributed by atoms with Crippen molar-refractivity contribution in [2.75, 3.05) is 10.6 Å². The van der Waals surface area contributed by atoms with Crippen molar-refractivity contribution in [3.63, 3.8) is 0 Å². The van der Waals surface area contributed by atoms with Gasteiger partial charge in [0.25, 0.3) is 11.8 Å². The molecule has 0 fully saturated rings. The first-order valence-electron chi connectivity index (χ1n) is 7.57. The second-order valence-electron chi connectivity index (χ2n) is 5.39. The summed E-state index contributed by atoms with van der Waals surface area (Å²) < 4.78 is 84.2. The van der Waals surface area contributed by atoms with Crippen molar-refractivity contribution in [1.29, 1.82) is 0 Å². The molecule has 0 aliphatic heterocycles. The molecule has 15 heteroatoms. The van der Waals surface area contributed by atoms with Crippen LogP contribution in [0.15, 0.2) is 29.1 Å². The molecule has 3 aromatic heterocycles. The van der Waals surface area contributed by atoms with Crippen LogP contribution < -0.4 is 9.04 Å². The second-order valence-corrected chi connectivity index (χ2v) is 8.41. The highest BCUT2D eigenvalue weighted by atomic mass is 32.2. The van der Waals surface area contributed by atoms with Gasteiger partial charge in [0.15, 0.2) is 0 Å². The summed E-state index contributed by atoms with van der Waals surface area (Å²) in [6.07, 6.45) is 1.40. The zero-order chi connectivity index (χ0) is 21.2. The molecule has 0 amide bonds. The van der Waals surface area contributed by atoms with E-state index in [9.17, 15) is 26.0 Å². The Morgan fingerprint density at radius 2 is 1.97 bits per heavy atom. The lowest BCUT2D eigenvalue weighted by molar-refractivity contribution is -0.0500. The second kappa shape index (κ2) is 8.28. The van der Waals surface area contributed by atoms with Gasteiger partial charge >= 0.3 is 13.0 Å². The minimum absolute atomic E-state index is 0.0276. The van der Waals surface area contributed by atoms with E-state index in [0.29, 0.717) is 0 Å². The van der Waals surface area contributed by atoms with Gasteiger partial charge in [-0.05, 0) is 0 Å². The fraction of sp³-hybridized carbons (Fsp3) is 0.286. The third kappa shape index (κ3) is 5.17. The number of rotatable bonds is 8. The van der Waals surface area contributed by atoms with Crippen LogP contribution in [-0.4, -0.2) is 41.5 Å². The highest BCUT2D eigenvalue weighted by Gasteiger charge is 2.23. The molecule has 0 aliphatic carbocycles. The van der Waals surface area contributed by atoms with Crippen LogP contribution in [-0.2, 0) is 16.6 Å². The summed E-state index contributed by atoms with van der Waals surface area (Å²) >= 11 is 0.935. The minimum atomic E-state index is -3.86. The Bertz CT molecular complexity index is 1090. The Kier molecular flexibility index (Phi) is 5.97. The van der Waals surface area contributed by atoms with Gasteiger partial charge in [0, 0.05) is 6.07 Å². The Balaban J connectivity index is 1.86. The van der Waals surface area contributed by atoms with Crippen molar-refractivity contribution < 1.29 is 35.1 Å². The van der Waals surface area contributed by atoms with E-state index >= 15 is 0 Å². The third-order valence-electron chi connectivity index (χ3n) is 3.28. The van der Waals surface area contributed by atoms with Crippen LogP contribution in [0.5, 0.6) is 5.75 Å². The number of alkyl halides is 4. The van der Waals surface area contributed by atoms with Crippen molar-refractivity contribution in [3.05, 3.63) is 35.6 Å². The topological polar surface area (TPSA) is 111 Å². The number of thiazole rings is 1. The molecule has 3 heterocycles.